The predicted octanol–water partition coefficient (Wildman–Crippen LogP) is 6.88. The van der Waals surface area contributed by atoms with Crippen LogP contribution in [0.25, 0.3) is 22.2 Å². The van der Waals surface area contributed by atoms with Crippen molar-refractivity contribution in [2.45, 2.75) is 0 Å². The first-order chi connectivity index (χ1) is 12.1. The average Bonchev–Trinajstić information content (AvgIpc) is 2.63. The van der Waals surface area contributed by atoms with Crippen LogP contribution in [0, 0.1) is 44.1 Å². The number of hydrogen-bond donors (Lipinski definition) is 0. The zero-order valence-electron chi connectivity index (χ0n) is 13.9. The third-order valence-corrected chi connectivity index (χ3v) is 4.23. The maximum atomic E-state index is 6.18. The number of fused-ring (bicyclic) bond motifs is 1. The topological polar surface area (TPSA) is 12.9 Å². The summed E-state index contributed by atoms with van der Waals surface area (Å²) in [7, 11) is 0. The van der Waals surface area contributed by atoms with E-state index in [2.05, 4.69) is 18.0 Å². The largest absolute Gasteiger partial charge is 2.00 e. The van der Waals surface area contributed by atoms with E-state index in [4.69, 9.17) is 23.2 Å². The molecule has 4 aromatic rings. The Labute approximate surface area is 187 Å². The van der Waals surface area contributed by atoms with Gasteiger partial charge in [-0.15, -0.1) is 29.7 Å². The van der Waals surface area contributed by atoms with E-state index >= 15 is 0 Å². The van der Waals surface area contributed by atoms with Crippen molar-refractivity contribution in [3.8, 4) is 11.3 Å². The first-order valence-corrected chi connectivity index (χ1v) is 8.49. The monoisotopic (exact) mass is 601 g/mol. The molecule has 0 aliphatic heterocycles. The normalized spacial score (nSPS) is 9.77. The van der Waals surface area contributed by atoms with E-state index in [0.717, 1.165) is 27.7 Å². The number of pyridine rings is 1. The van der Waals surface area contributed by atoms with E-state index in [1.807, 2.05) is 78.9 Å². The van der Waals surface area contributed by atoms with Crippen molar-refractivity contribution in [3.05, 3.63) is 107 Å². The summed E-state index contributed by atoms with van der Waals surface area (Å²) in [6.07, 6.45) is 0. The molecule has 126 valence electrons. The molecule has 0 aliphatic rings. The van der Waals surface area contributed by atoms with Crippen molar-refractivity contribution < 1.29 is 31.1 Å². The SMILES string of the molecule is Clc1cccc(Cl)c1-c1ccc2c[c-]ccc2n1.[CH2-]c1ccccc1.[U+2]. The first-order valence-electron chi connectivity index (χ1n) is 7.73. The summed E-state index contributed by atoms with van der Waals surface area (Å²) in [5, 5.41) is 2.26. The molecule has 0 amide bonds. The average molecular weight is 602 g/mol. The standard InChI is InChI=1S/C15H8Cl2N.C7H7.U/c16-11-5-3-6-12(17)15(11)14-9-8-10-4-1-2-7-13(10)18-14;1-7-5-3-2-4-6-7;/h2-9H;2-6H,1H2;/q2*-1;+2. The number of benzene rings is 3. The van der Waals surface area contributed by atoms with Crippen LogP contribution in [0.15, 0.2) is 78.9 Å². The smallest absolute Gasteiger partial charge is 0.274 e. The van der Waals surface area contributed by atoms with Gasteiger partial charge in [-0.3, -0.25) is 4.98 Å². The Balaban J connectivity index is 0.000000258. The summed E-state index contributed by atoms with van der Waals surface area (Å²) < 4.78 is 0. The van der Waals surface area contributed by atoms with E-state index in [-0.39, 0.29) is 31.1 Å². The fourth-order valence-electron chi connectivity index (χ4n) is 2.37. The van der Waals surface area contributed by atoms with Gasteiger partial charge in [0, 0.05) is 5.56 Å². The Morgan fingerprint density at radius 1 is 0.808 bits per heavy atom. The minimum absolute atomic E-state index is 0. The molecule has 26 heavy (non-hydrogen) atoms. The Bertz CT molecular complexity index is 967. The molecule has 0 fully saturated rings. The molecule has 3 aromatic carbocycles. The van der Waals surface area contributed by atoms with Gasteiger partial charge >= 0.3 is 31.1 Å². The van der Waals surface area contributed by atoms with Crippen LogP contribution in [0.3, 0.4) is 0 Å². The zero-order valence-corrected chi connectivity index (χ0v) is 19.6. The van der Waals surface area contributed by atoms with Crippen LogP contribution >= 0.6 is 23.2 Å². The second kappa shape index (κ2) is 10.0. The molecular weight excluding hydrogens is 587 g/mol. The van der Waals surface area contributed by atoms with Gasteiger partial charge in [-0.2, -0.15) is 42.8 Å². The van der Waals surface area contributed by atoms with Crippen LogP contribution in [-0.2, 0) is 0 Å². The van der Waals surface area contributed by atoms with Crippen LogP contribution in [-0.4, -0.2) is 4.98 Å². The molecule has 4 heteroatoms. The van der Waals surface area contributed by atoms with Crippen molar-refractivity contribution in [3.63, 3.8) is 0 Å². The van der Waals surface area contributed by atoms with E-state index in [9.17, 15) is 0 Å². The number of aromatic nitrogens is 1. The molecule has 0 saturated heterocycles. The Kier molecular flexibility index (Phi) is 8.07. The molecule has 4 rings (SSSR count). The van der Waals surface area contributed by atoms with Crippen molar-refractivity contribution in [2.75, 3.05) is 0 Å². The zero-order chi connectivity index (χ0) is 17.6. The van der Waals surface area contributed by atoms with Crippen LogP contribution in [0.4, 0.5) is 0 Å². The molecule has 0 radical (unpaired) electrons. The fourth-order valence-corrected chi connectivity index (χ4v) is 2.96. The number of rotatable bonds is 1. The van der Waals surface area contributed by atoms with Gasteiger partial charge in [-0.25, -0.2) is 0 Å². The molecule has 0 N–H and O–H groups in total. The second-order valence-corrected chi connectivity index (χ2v) is 6.21. The second-order valence-electron chi connectivity index (χ2n) is 5.40. The minimum atomic E-state index is 0. The summed E-state index contributed by atoms with van der Waals surface area (Å²) in [5.74, 6) is 0. The maximum Gasteiger partial charge on any atom is 2.00 e. The van der Waals surface area contributed by atoms with Gasteiger partial charge in [0.2, 0.25) is 0 Å². The van der Waals surface area contributed by atoms with Gasteiger partial charge in [-0.1, -0.05) is 35.3 Å². The third-order valence-electron chi connectivity index (χ3n) is 3.60. The van der Waals surface area contributed by atoms with Crippen LogP contribution in [0.1, 0.15) is 5.56 Å². The molecule has 0 saturated carbocycles. The molecular formula is C22H15Cl2NU. The fraction of sp³-hybridized carbons (Fsp3) is 0. The van der Waals surface area contributed by atoms with Gasteiger partial charge in [-0.05, 0) is 23.7 Å². The van der Waals surface area contributed by atoms with Crippen LogP contribution in [0.5, 0.6) is 0 Å². The molecule has 0 aliphatic carbocycles. The third kappa shape index (κ3) is 5.29. The molecule has 1 heterocycles. The van der Waals surface area contributed by atoms with Gasteiger partial charge in [0.15, 0.2) is 0 Å². The molecule has 0 unspecified atom stereocenters. The summed E-state index contributed by atoms with van der Waals surface area (Å²) in [5.41, 5.74) is 3.53. The Morgan fingerprint density at radius 2 is 1.50 bits per heavy atom. The Morgan fingerprint density at radius 3 is 2.12 bits per heavy atom. The number of hydrogen-bond acceptors (Lipinski definition) is 1. The number of halogens is 2. The van der Waals surface area contributed by atoms with Gasteiger partial charge in [0.25, 0.3) is 0 Å². The van der Waals surface area contributed by atoms with Crippen molar-refractivity contribution in [2.24, 2.45) is 0 Å². The van der Waals surface area contributed by atoms with Gasteiger partial charge < -0.3 is 0 Å². The van der Waals surface area contributed by atoms with E-state index in [0.29, 0.717) is 10.0 Å². The minimum Gasteiger partial charge on any atom is -0.274 e. The number of nitrogens with zero attached hydrogens (tertiary/aromatic N) is 1. The molecule has 0 spiro atoms. The molecule has 0 atom stereocenters. The van der Waals surface area contributed by atoms with Crippen LogP contribution in [0.2, 0.25) is 10.0 Å². The Hall–Kier alpha value is -1.43. The maximum absolute atomic E-state index is 6.18. The summed E-state index contributed by atoms with van der Waals surface area (Å²) in [4.78, 5) is 4.58. The van der Waals surface area contributed by atoms with E-state index in [1.54, 1.807) is 0 Å². The summed E-state index contributed by atoms with van der Waals surface area (Å²) in [6.45, 7) is 3.72. The van der Waals surface area contributed by atoms with Crippen LogP contribution < -0.4 is 0 Å². The van der Waals surface area contributed by atoms with E-state index < -0.39 is 0 Å². The van der Waals surface area contributed by atoms with Crippen molar-refractivity contribution in [1.82, 2.24) is 4.98 Å². The quantitative estimate of drug-likeness (QED) is 0.217. The molecule has 1 aromatic heterocycles. The first kappa shape index (κ1) is 20.9. The predicted molar refractivity (Wildman–Crippen MR) is 107 cm³/mol. The summed E-state index contributed by atoms with van der Waals surface area (Å²) >= 11 is 12.4. The molecule has 0 bridgehead atoms. The van der Waals surface area contributed by atoms with E-state index in [1.165, 1.54) is 0 Å². The summed E-state index contributed by atoms with van der Waals surface area (Å²) in [6, 6.07) is 27.9. The van der Waals surface area contributed by atoms with Crippen molar-refractivity contribution >= 4 is 34.1 Å². The van der Waals surface area contributed by atoms with Crippen molar-refractivity contribution in [1.29, 1.82) is 0 Å². The van der Waals surface area contributed by atoms with Gasteiger partial charge in [0.1, 0.15) is 0 Å². The molecule has 1 nitrogen and oxygen atoms in total. The van der Waals surface area contributed by atoms with Gasteiger partial charge in [0.05, 0.1) is 15.7 Å².